The zero-order chi connectivity index (χ0) is 22.1. The van der Waals surface area contributed by atoms with Crippen LogP contribution in [0.4, 0.5) is 5.95 Å². The smallest absolute Gasteiger partial charge is 0.223 e. The van der Waals surface area contributed by atoms with E-state index in [1.807, 2.05) is 30.3 Å². The number of anilines is 1. The van der Waals surface area contributed by atoms with Crippen LogP contribution in [0.25, 0.3) is 11.3 Å². The van der Waals surface area contributed by atoms with E-state index < -0.39 is 0 Å². The second-order valence-electron chi connectivity index (χ2n) is 9.28. The summed E-state index contributed by atoms with van der Waals surface area (Å²) in [4.78, 5) is 9.27. The summed E-state index contributed by atoms with van der Waals surface area (Å²) in [6.07, 6.45) is 15.5. The van der Waals surface area contributed by atoms with Crippen LogP contribution in [0.3, 0.4) is 0 Å². The molecule has 3 N–H and O–H groups in total. The average Bonchev–Trinajstić information content (AvgIpc) is 3.29. The Labute approximate surface area is 193 Å². The number of rotatable bonds is 8. The van der Waals surface area contributed by atoms with Crippen LogP contribution >= 0.6 is 11.6 Å². The largest absolute Gasteiger partial charge is 0.351 e. The van der Waals surface area contributed by atoms with Crippen molar-refractivity contribution in [2.45, 2.75) is 70.0 Å². The van der Waals surface area contributed by atoms with Crippen LogP contribution in [-0.2, 0) is 13.5 Å². The van der Waals surface area contributed by atoms with Crippen molar-refractivity contribution >= 4 is 17.5 Å². The van der Waals surface area contributed by atoms with Gasteiger partial charge in [0.25, 0.3) is 0 Å². The summed E-state index contributed by atoms with van der Waals surface area (Å²) in [5.41, 5.74) is 4.20. The Morgan fingerprint density at radius 3 is 2.62 bits per heavy atom. The van der Waals surface area contributed by atoms with E-state index in [9.17, 15) is 0 Å². The van der Waals surface area contributed by atoms with Gasteiger partial charge in [0.05, 0.1) is 29.3 Å². The summed E-state index contributed by atoms with van der Waals surface area (Å²) in [5, 5.41) is 19.3. The van der Waals surface area contributed by atoms with Crippen LogP contribution in [-0.4, -0.2) is 42.0 Å². The average molecular weight is 455 g/mol. The van der Waals surface area contributed by atoms with Gasteiger partial charge in [0.15, 0.2) is 0 Å². The van der Waals surface area contributed by atoms with E-state index in [0.717, 1.165) is 49.3 Å². The van der Waals surface area contributed by atoms with Gasteiger partial charge in [-0.05, 0) is 57.8 Å². The van der Waals surface area contributed by atoms with Gasteiger partial charge < -0.3 is 10.6 Å². The molecule has 2 saturated carbocycles. The second-order valence-corrected chi connectivity index (χ2v) is 9.69. The molecule has 2 aliphatic rings. The van der Waals surface area contributed by atoms with E-state index >= 15 is 0 Å². The van der Waals surface area contributed by atoms with Gasteiger partial charge in [0.2, 0.25) is 5.95 Å². The zero-order valence-electron chi connectivity index (χ0n) is 18.7. The first-order valence-corrected chi connectivity index (χ1v) is 12.0. The maximum atomic E-state index is 6.51. The number of nitrogens with one attached hydrogen (secondary N) is 3. The molecule has 9 heteroatoms. The SMILES string of the molecule is CC(N[C@H]1CC[C@@H](Nc2ncc(Cl)c(-c3cnn(C)c3CC3CC3)n2)CC1)c1cn[nH]c1. The van der Waals surface area contributed by atoms with Gasteiger partial charge in [-0.3, -0.25) is 9.78 Å². The third-order valence-corrected chi connectivity index (χ3v) is 7.08. The molecular formula is C23H31ClN8. The van der Waals surface area contributed by atoms with Gasteiger partial charge in [-0.1, -0.05) is 11.6 Å². The highest BCUT2D eigenvalue weighted by Crippen LogP contribution is 2.37. The first kappa shape index (κ1) is 21.4. The summed E-state index contributed by atoms with van der Waals surface area (Å²) in [5.74, 6) is 1.41. The molecule has 0 spiro atoms. The van der Waals surface area contributed by atoms with Gasteiger partial charge in [-0.2, -0.15) is 10.2 Å². The number of aromatic nitrogens is 6. The minimum absolute atomic E-state index is 0.301. The van der Waals surface area contributed by atoms with Crippen molar-refractivity contribution in [1.82, 2.24) is 35.3 Å². The molecule has 3 aromatic heterocycles. The monoisotopic (exact) mass is 454 g/mol. The minimum Gasteiger partial charge on any atom is -0.351 e. The summed E-state index contributed by atoms with van der Waals surface area (Å²) in [6, 6.07) is 1.18. The van der Waals surface area contributed by atoms with Gasteiger partial charge >= 0.3 is 0 Å². The highest BCUT2D eigenvalue weighted by molar-refractivity contribution is 6.32. The van der Waals surface area contributed by atoms with Gasteiger partial charge in [-0.15, -0.1) is 0 Å². The summed E-state index contributed by atoms with van der Waals surface area (Å²) in [7, 11) is 2.00. The molecular weight excluding hydrogens is 424 g/mol. The first-order valence-electron chi connectivity index (χ1n) is 11.6. The number of halogens is 1. The Bertz CT molecular complexity index is 1030. The Hall–Kier alpha value is -2.45. The van der Waals surface area contributed by atoms with Crippen LogP contribution in [0.5, 0.6) is 0 Å². The Kier molecular flexibility index (Phi) is 6.15. The van der Waals surface area contributed by atoms with Crippen LogP contribution in [0.2, 0.25) is 5.02 Å². The number of H-pyrrole nitrogens is 1. The quantitative estimate of drug-likeness (QED) is 0.470. The Balaban J connectivity index is 1.22. The van der Waals surface area contributed by atoms with Crippen molar-refractivity contribution in [3.63, 3.8) is 0 Å². The van der Waals surface area contributed by atoms with E-state index in [1.165, 1.54) is 24.1 Å². The minimum atomic E-state index is 0.301. The fourth-order valence-corrected chi connectivity index (χ4v) is 4.85. The predicted molar refractivity (Wildman–Crippen MR) is 125 cm³/mol. The van der Waals surface area contributed by atoms with Gasteiger partial charge in [-0.25, -0.2) is 9.97 Å². The molecule has 1 unspecified atom stereocenters. The highest BCUT2D eigenvalue weighted by atomic mass is 35.5. The molecule has 0 aliphatic heterocycles. The lowest BCUT2D eigenvalue weighted by Gasteiger charge is -2.31. The van der Waals surface area contributed by atoms with Crippen molar-refractivity contribution < 1.29 is 0 Å². The number of hydrogen-bond donors (Lipinski definition) is 3. The normalized spacial score (nSPS) is 22.1. The van der Waals surface area contributed by atoms with Gasteiger partial charge in [0, 0.05) is 48.2 Å². The van der Waals surface area contributed by atoms with Crippen molar-refractivity contribution in [1.29, 1.82) is 0 Å². The van der Waals surface area contributed by atoms with E-state index in [4.69, 9.17) is 16.6 Å². The van der Waals surface area contributed by atoms with E-state index in [-0.39, 0.29) is 0 Å². The standard InChI is InChI=1S/C23H31ClN8/c1-14(16-10-26-27-11-16)29-17-5-7-18(8-6-17)30-23-25-13-20(24)22(31-23)19-12-28-32(2)21(19)9-15-3-4-15/h10-15,17-18,29H,3-9H2,1-2H3,(H,26,27)(H,25,30,31)/t14?,17-,18+. The molecule has 0 saturated heterocycles. The molecule has 170 valence electrons. The lowest BCUT2D eigenvalue weighted by atomic mass is 9.90. The van der Waals surface area contributed by atoms with E-state index in [2.05, 4.69) is 37.8 Å². The molecule has 2 aliphatic carbocycles. The van der Waals surface area contributed by atoms with Crippen LogP contribution < -0.4 is 10.6 Å². The molecule has 3 aromatic rings. The molecule has 0 radical (unpaired) electrons. The lowest BCUT2D eigenvalue weighted by molar-refractivity contribution is 0.330. The number of hydrogen-bond acceptors (Lipinski definition) is 6. The molecule has 8 nitrogen and oxygen atoms in total. The molecule has 1 atom stereocenters. The lowest BCUT2D eigenvalue weighted by Crippen LogP contribution is -2.38. The maximum absolute atomic E-state index is 6.51. The molecule has 0 aromatic carbocycles. The molecule has 2 fully saturated rings. The molecule has 32 heavy (non-hydrogen) atoms. The Morgan fingerprint density at radius 1 is 1.12 bits per heavy atom. The van der Waals surface area contributed by atoms with Crippen molar-refractivity contribution in [3.8, 4) is 11.3 Å². The fraction of sp³-hybridized carbons (Fsp3) is 0.565. The highest BCUT2D eigenvalue weighted by Gasteiger charge is 2.27. The van der Waals surface area contributed by atoms with Crippen molar-refractivity contribution in [2.24, 2.45) is 13.0 Å². The first-order chi connectivity index (χ1) is 15.6. The summed E-state index contributed by atoms with van der Waals surface area (Å²) >= 11 is 6.51. The molecule has 5 rings (SSSR count). The number of aryl methyl sites for hydroxylation is 1. The number of nitrogens with zero attached hydrogens (tertiary/aromatic N) is 5. The molecule has 0 bridgehead atoms. The Morgan fingerprint density at radius 2 is 1.91 bits per heavy atom. The van der Waals surface area contributed by atoms with E-state index in [0.29, 0.717) is 29.1 Å². The predicted octanol–water partition coefficient (Wildman–Crippen LogP) is 4.28. The van der Waals surface area contributed by atoms with Crippen LogP contribution in [0, 0.1) is 5.92 Å². The third kappa shape index (κ3) is 4.81. The maximum Gasteiger partial charge on any atom is 0.223 e. The third-order valence-electron chi connectivity index (χ3n) is 6.81. The van der Waals surface area contributed by atoms with Crippen molar-refractivity contribution in [3.05, 3.63) is 41.1 Å². The topological polar surface area (TPSA) is 96.3 Å². The summed E-state index contributed by atoms with van der Waals surface area (Å²) in [6.45, 7) is 2.19. The zero-order valence-corrected chi connectivity index (χ0v) is 19.4. The van der Waals surface area contributed by atoms with Crippen LogP contribution in [0.1, 0.15) is 62.7 Å². The number of aromatic amines is 1. The fourth-order valence-electron chi connectivity index (χ4n) is 4.66. The molecule has 0 amide bonds. The second kappa shape index (κ2) is 9.19. The van der Waals surface area contributed by atoms with Crippen LogP contribution in [0.15, 0.2) is 24.8 Å². The summed E-state index contributed by atoms with van der Waals surface area (Å²) < 4.78 is 1.96. The molecule has 3 heterocycles. The van der Waals surface area contributed by atoms with E-state index in [1.54, 1.807) is 6.20 Å². The van der Waals surface area contributed by atoms with Crippen molar-refractivity contribution in [2.75, 3.05) is 5.32 Å². The van der Waals surface area contributed by atoms with Gasteiger partial charge in [0.1, 0.15) is 0 Å².